The number of rotatable bonds is 4. The van der Waals surface area contributed by atoms with E-state index in [4.69, 9.17) is 11.6 Å². The predicted octanol–water partition coefficient (Wildman–Crippen LogP) is 4.04. The van der Waals surface area contributed by atoms with E-state index in [0.717, 1.165) is 0 Å². The molecule has 1 rings (SSSR count). The third kappa shape index (κ3) is 3.38. The van der Waals surface area contributed by atoms with E-state index in [1.54, 1.807) is 22.6 Å². The number of alkyl halides is 3. The third-order valence-electron chi connectivity index (χ3n) is 1.88. The van der Waals surface area contributed by atoms with Gasteiger partial charge in [-0.2, -0.15) is 0 Å². The van der Waals surface area contributed by atoms with Crippen LogP contribution in [0.1, 0.15) is 28.8 Å². The Bertz CT molecular complexity index is 368. The van der Waals surface area contributed by atoms with E-state index in [2.05, 4.69) is 0 Å². The number of Topliss-reactive ketones (excluding diaryl/α,β-unsaturated/α-hetero) is 1. The van der Waals surface area contributed by atoms with Crippen molar-refractivity contribution in [1.29, 1.82) is 0 Å². The van der Waals surface area contributed by atoms with Gasteiger partial charge in [0.05, 0.1) is 0 Å². The first kappa shape index (κ1) is 12.8. The monoisotopic (exact) mass is 344 g/mol. The second-order valence-corrected chi connectivity index (χ2v) is 4.44. The maximum Gasteiger partial charge on any atom is 0.264 e. The molecule has 0 bridgehead atoms. The SMILES string of the molecule is O=C(CCCl)c1ccc(C(F)F)c(I)c1. The molecule has 0 aliphatic carbocycles. The Hall–Kier alpha value is -0.230. The van der Waals surface area contributed by atoms with E-state index in [1.807, 2.05) is 0 Å². The highest BCUT2D eigenvalue weighted by molar-refractivity contribution is 14.1. The molecule has 15 heavy (non-hydrogen) atoms. The van der Waals surface area contributed by atoms with Crippen molar-refractivity contribution in [3.8, 4) is 0 Å². The number of halogens is 4. The van der Waals surface area contributed by atoms with Crippen molar-refractivity contribution in [2.75, 3.05) is 5.88 Å². The summed E-state index contributed by atoms with van der Waals surface area (Å²) in [7, 11) is 0. The predicted molar refractivity (Wildman–Crippen MR) is 63.8 cm³/mol. The van der Waals surface area contributed by atoms with E-state index in [1.165, 1.54) is 18.2 Å². The minimum absolute atomic E-state index is 0.0435. The molecule has 1 nitrogen and oxygen atoms in total. The fourth-order valence-electron chi connectivity index (χ4n) is 1.11. The van der Waals surface area contributed by atoms with Crippen LogP contribution in [0.5, 0.6) is 0 Å². The zero-order valence-corrected chi connectivity index (χ0v) is 10.6. The van der Waals surface area contributed by atoms with Crippen LogP contribution in [0.15, 0.2) is 18.2 Å². The van der Waals surface area contributed by atoms with Crippen molar-refractivity contribution < 1.29 is 13.6 Å². The molecule has 0 aliphatic heterocycles. The standard InChI is InChI=1S/C10H8ClF2IO/c11-4-3-9(15)6-1-2-7(10(12)13)8(14)5-6/h1-2,5,10H,3-4H2. The Morgan fingerprint density at radius 3 is 2.60 bits per heavy atom. The summed E-state index contributed by atoms with van der Waals surface area (Å²) in [5, 5.41) is 0. The molecule has 82 valence electrons. The molecule has 0 saturated heterocycles. The number of ketones is 1. The Morgan fingerprint density at radius 2 is 2.13 bits per heavy atom. The average molecular weight is 345 g/mol. The van der Waals surface area contributed by atoms with Crippen molar-refractivity contribution in [2.45, 2.75) is 12.8 Å². The van der Waals surface area contributed by atoms with Crippen molar-refractivity contribution in [1.82, 2.24) is 0 Å². The highest BCUT2D eigenvalue weighted by atomic mass is 127. The van der Waals surface area contributed by atoms with Gasteiger partial charge in [0.2, 0.25) is 0 Å². The molecule has 0 heterocycles. The first-order valence-corrected chi connectivity index (χ1v) is 5.84. The third-order valence-corrected chi connectivity index (χ3v) is 3.00. The van der Waals surface area contributed by atoms with Gasteiger partial charge in [0.15, 0.2) is 5.78 Å². The zero-order chi connectivity index (χ0) is 11.4. The van der Waals surface area contributed by atoms with Crippen LogP contribution in [-0.4, -0.2) is 11.7 Å². The molecule has 5 heteroatoms. The second kappa shape index (κ2) is 5.75. The summed E-state index contributed by atoms with van der Waals surface area (Å²) in [6.07, 6.45) is -2.28. The normalized spacial score (nSPS) is 10.7. The van der Waals surface area contributed by atoms with Crippen LogP contribution in [-0.2, 0) is 0 Å². The van der Waals surface area contributed by atoms with Crippen LogP contribution < -0.4 is 0 Å². The Balaban J connectivity index is 2.96. The fraction of sp³-hybridized carbons (Fsp3) is 0.300. The molecule has 0 spiro atoms. The van der Waals surface area contributed by atoms with Crippen LogP contribution in [0.4, 0.5) is 8.78 Å². The molecule has 1 aromatic rings. The molecule has 0 radical (unpaired) electrons. The first-order valence-electron chi connectivity index (χ1n) is 4.23. The molecule has 0 unspecified atom stereocenters. The summed E-state index contributed by atoms with van der Waals surface area (Å²) in [5.41, 5.74) is 0.391. The van der Waals surface area contributed by atoms with Gasteiger partial charge in [0.1, 0.15) is 0 Å². The van der Waals surface area contributed by atoms with E-state index in [9.17, 15) is 13.6 Å². The summed E-state index contributed by atoms with van der Waals surface area (Å²) < 4.78 is 25.2. The number of carbonyl (C=O) groups excluding carboxylic acids is 1. The van der Waals surface area contributed by atoms with Gasteiger partial charge in [-0.3, -0.25) is 4.79 Å². The van der Waals surface area contributed by atoms with Crippen LogP contribution in [0, 0.1) is 3.57 Å². The quantitative estimate of drug-likeness (QED) is 0.458. The molecular formula is C10H8ClF2IO. The number of carbonyl (C=O) groups is 1. The van der Waals surface area contributed by atoms with Gasteiger partial charge < -0.3 is 0 Å². The maximum absolute atomic E-state index is 12.4. The molecule has 0 aliphatic rings. The number of hydrogen-bond acceptors (Lipinski definition) is 1. The van der Waals surface area contributed by atoms with Crippen molar-refractivity contribution in [3.63, 3.8) is 0 Å². The molecule has 0 saturated carbocycles. The lowest BCUT2D eigenvalue weighted by Gasteiger charge is -2.05. The van der Waals surface area contributed by atoms with Crippen molar-refractivity contribution >= 4 is 40.0 Å². The maximum atomic E-state index is 12.4. The first-order chi connectivity index (χ1) is 7.06. The lowest BCUT2D eigenvalue weighted by Crippen LogP contribution is -2.01. The lowest BCUT2D eigenvalue weighted by molar-refractivity contribution is 0.0988. The largest absolute Gasteiger partial charge is 0.294 e. The van der Waals surface area contributed by atoms with E-state index in [-0.39, 0.29) is 23.6 Å². The van der Waals surface area contributed by atoms with Gasteiger partial charge in [-0.15, -0.1) is 11.6 Å². The number of benzene rings is 1. The molecule has 1 aromatic carbocycles. The van der Waals surface area contributed by atoms with E-state index >= 15 is 0 Å². The molecule has 0 amide bonds. The number of hydrogen-bond donors (Lipinski definition) is 0. The Morgan fingerprint density at radius 1 is 1.47 bits per heavy atom. The topological polar surface area (TPSA) is 17.1 Å². The Labute approximate surface area is 105 Å². The van der Waals surface area contributed by atoms with Gasteiger partial charge in [-0.1, -0.05) is 12.1 Å². The minimum atomic E-state index is -2.51. The van der Waals surface area contributed by atoms with Gasteiger partial charge in [0, 0.05) is 27.0 Å². The van der Waals surface area contributed by atoms with Crippen LogP contribution in [0.2, 0.25) is 0 Å². The molecular weight excluding hydrogens is 336 g/mol. The molecule has 0 N–H and O–H groups in total. The lowest BCUT2D eigenvalue weighted by atomic mass is 10.1. The van der Waals surface area contributed by atoms with Crippen molar-refractivity contribution in [3.05, 3.63) is 32.9 Å². The van der Waals surface area contributed by atoms with Gasteiger partial charge in [0.25, 0.3) is 6.43 Å². The van der Waals surface area contributed by atoms with Crippen molar-refractivity contribution in [2.24, 2.45) is 0 Å². The fourth-order valence-corrected chi connectivity index (χ4v) is 2.03. The molecule has 0 fully saturated rings. The van der Waals surface area contributed by atoms with E-state index in [0.29, 0.717) is 9.13 Å². The Kier molecular flexibility index (Phi) is 4.92. The molecule has 0 atom stereocenters. The van der Waals surface area contributed by atoms with Crippen LogP contribution in [0.3, 0.4) is 0 Å². The highest BCUT2D eigenvalue weighted by Crippen LogP contribution is 2.25. The van der Waals surface area contributed by atoms with Gasteiger partial charge in [-0.05, 0) is 28.7 Å². The summed E-state index contributed by atoms with van der Waals surface area (Å²) in [6, 6.07) is 4.17. The van der Waals surface area contributed by atoms with Gasteiger partial charge in [-0.25, -0.2) is 8.78 Å². The zero-order valence-electron chi connectivity index (χ0n) is 7.64. The summed E-state index contributed by atoms with van der Waals surface area (Å²) in [4.78, 5) is 11.4. The van der Waals surface area contributed by atoms with Crippen LogP contribution >= 0.6 is 34.2 Å². The second-order valence-electron chi connectivity index (χ2n) is 2.90. The summed E-state index contributed by atoms with van der Waals surface area (Å²) in [5.74, 6) is 0.121. The van der Waals surface area contributed by atoms with E-state index < -0.39 is 6.43 Å². The highest BCUT2D eigenvalue weighted by Gasteiger charge is 2.13. The summed E-state index contributed by atoms with van der Waals surface area (Å²) in [6.45, 7) is 0. The summed E-state index contributed by atoms with van der Waals surface area (Å²) >= 11 is 7.22. The van der Waals surface area contributed by atoms with Gasteiger partial charge >= 0.3 is 0 Å². The smallest absolute Gasteiger partial charge is 0.264 e. The molecule has 0 aromatic heterocycles. The average Bonchev–Trinajstić information content (AvgIpc) is 2.17. The minimum Gasteiger partial charge on any atom is -0.294 e. The van der Waals surface area contributed by atoms with Crippen LogP contribution in [0.25, 0.3) is 0 Å².